The molecule has 1 aromatic heterocycles. The van der Waals surface area contributed by atoms with Gasteiger partial charge >= 0.3 is 0 Å². The van der Waals surface area contributed by atoms with Gasteiger partial charge in [0.2, 0.25) is 0 Å². The Bertz CT molecular complexity index is 657. The van der Waals surface area contributed by atoms with Crippen LogP contribution in [0.5, 0.6) is 0 Å². The Balaban J connectivity index is 2.35. The molecule has 0 amide bonds. The molecule has 0 radical (unpaired) electrons. The number of aromatic amines is 1. The second kappa shape index (κ2) is 6.19. The maximum atomic E-state index is 13.9. The molecule has 4 nitrogen and oxygen atoms in total. The van der Waals surface area contributed by atoms with Gasteiger partial charge in [0.25, 0.3) is 5.56 Å². The molecular weight excluding hydrogens is 277 g/mol. The number of nitrogens with one attached hydrogen (secondary N) is 1. The molecule has 0 aliphatic carbocycles. The van der Waals surface area contributed by atoms with E-state index >= 15 is 0 Å². The lowest BCUT2D eigenvalue weighted by Gasteiger charge is -2.20. The van der Waals surface area contributed by atoms with Gasteiger partial charge in [0.05, 0.1) is 5.25 Å². The molecular formula is C14H16FN3OS. The molecule has 0 fully saturated rings. The van der Waals surface area contributed by atoms with E-state index in [1.165, 1.54) is 23.9 Å². The van der Waals surface area contributed by atoms with Gasteiger partial charge in [0.15, 0.2) is 5.16 Å². The molecule has 1 heterocycles. The number of nitrogens with zero attached hydrogens (tertiary/aromatic N) is 1. The maximum Gasteiger partial charge on any atom is 0.251 e. The van der Waals surface area contributed by atoms with Crippen LogP contribution < -0.4 is 11.3 Å². The number of H-pyrrole nitrogens is 1. The predicted molar refractivity (Wildman–Crippen MR) is 78.2 cm³/mol. The normalized spacial score (nSPS) is 14.0. The van der Waals surface area contributed by atoms with Crippen molar-refractivity contribution >= 4 is 11.8 Å². The number of aryl methyl sites for hydroxylation is 1. The second-order valence-electron chi connectivity index (χ2n) is 4.61. The largest absolute Gasteiger partial charge is 0.327 e. The number of halogens is 1. The van der Waals surface area contributed by atoms with Gasteiger partial charge in [0.1, 0.15) is 5.82 Å². The summed E-state index contributed by atoms with van der Waals surface area (Å²) in [5.41, 5.74) is 6.86. The SMILES string of the molecule is Cc1cc(=O)[nH]c(SC(c2ccccc2F)C(C)N)n1. The van der Waals surface area contributed by atoms with Crippen LogP contribution in [0.2, 0.25) is 0 Å². The minimum absolute atomic E-state index is 0.225. The molecule has 0 spiro atoms. The minimum Gasteiger partial charge on any atom is -0.327 e. The zero-order chi connectivity index (χ0) is 14.7. The Morgan fingerprint density at radius 1 is 1.40 bits per heavy atom. The number of hydrogen-bond donors (Lipinski definition) is 2. The van der Waals surface area contributed by atoms with Crippen molar-refractivity contribution < 1.29 is 4.39 Å². The van der Waals surface area contributed by atoms with Gasteiger partial charge in [-0.05, 0) is 19.9 Å². The summed E-state index contributed by atoms with van der Waals surface area (Å²) in [6.45, 7) is 3.54. The fraction of sp³-hybridized carbons (Fsp3) is 0.286. The molecule has 2 unspecified atom stereocenters. The third-order valence-electron chi connectivity index (χ3n) is 2.78. The van der Waals surface area contributed by atoms with E-state index in [1.807, 2.05) is 0 Å². The van der Waals surface area contributed by atoms with Crippen molar-refractivity contribution in [2.75, 3.05) is 0 Å². The number of nitrogens with two attached hydrogens (primary N) is 1. The average Bonchev–Trinajstić information content (AvgIpc) is 2.35. The van der Waals surface area contributed by atoms with Crippen LogP contribution in [0.15, 0.2) is 40.3 Å². The van der Waals surface area contributed by atoms with E-state index in [2.05, 4.69) is 9.97 Å². The van der Waals surface area contributed by atoms with Crippen molar-refractivity contribution in [3.63, 3.8) is 0 Å². The van der Waals surface area contributed by atoms with E-state index in [0.717, 1.165) is 0 Å². The quantitative estimate of drug-likeness (QED) is 0.670. The summed E-state index contributed by atoms with van der Waals surface area (Å²) in [5, 5.41) is 0.127. The molecule has 0 aliphatic heterocycles. The van der Waals surface area contributed by atoms with Gasteiger partial charge < -0.3 is 10.7 Å². The molecule has 3 N–H and O–H groups in total. The first-order valence-corrected chi connectivity index (χ1v) is 7.10. The Kier molecular flexibility index (Phi) is 4.57. The lowest BCUT2D eigenvalue weighted by Crippen LogP contribution is -2.24. The third kappa shape index (κ3) is 3.46. The summed E-state index contributed by atoms with van der Waals surface area (Å²) in [6, 6.07) is 7.62. The van der Waals surface area contributed by atoms with E-state index in [0.29, 0.717) is 16.4 Å². The van der Waals surface area contributed by atoms with Crippen molar-refractivity contribution in [1.82, 2.24) is 9.97 Å². The van der Waals surface area contributed by atoms with Crippen LogP contribution in [0.3, 0.4) is 0 Å². The Hall–Kier alpha value is -1.66. The molecule has 2 rings (SSSR count). The average molecular weight is 293 g/mol. The second-order valence-corrected chi connectivity index (χ2v) is 5.74. The van der Waals surface area contributed by atoms with Crippen molar-refractivity contribution in [3.8, 4) is 0 Å². The van der Waals surface area contributed by atoms with Crippen LogP contribution in [0.25, 0.3) is 0 Å². The fourth-order valence-electron chi connectivity index (χ4n) is 1.89. The summed E-state index contributed by atoms with van der Waals surface area (Å²) >= 11 is 1.26. The zero-order valence-electron chi connectivity index (χ0n) is 11.3. The zero-order valence-corrected chi connectivity index (χ0v) is 12.1. The van der Waals surface area contributed by atoms with E-state index in [9.17, 15) is 9.18 Å². The first-order valence-electron chi connectivity index (χ1n) is 6.22. The number of thioether (sulfide) groups is 1. The van der Waals surface area contributed by atoms with Crippen molar-refractivity contribution in [2.45, 2.75) is 30.3 Å². The first-order chi connectivity index (χ1) is 9.47. The van der Waals surface area contributed by atoms with E-state index in [1.54, 1.807) is 32.0 Å². The van der Waals surface area contributed by atoms with Gasteiger partial charge in [-0.2, -0.15) is 0 Å². The number of rotatable bonds is 4. The van der Waals surface area contributed by atoms with Crippen LogP contribution in [0.1, 0.15) is 23.4 Å². The van der Waals surface area contributed by atoms with E-state index in [-0.39, 0.29) is 22.7 Å². The van der Waals surface area contributed by atoms with Crippen molar-refractivity contribution in [3.05, 3.63) is 57.8 Å². The van der Waals surface area contributed by atoms with E-state index in [4.69, 9.17) is 5.73 Å². The molecule has 0 bridgehead atoms. The van der Waals surface area contributed by atoms with Gasteiger partial charge in [0, 0.05) is 23.4 Å². The molecule has 20 heavy (non-hydrogen) atoms. The smallest absolute Gasteiger partial charge is 0.251 e. The molecule has 1 aromatic carbocycles. The molecule has 0 aliphatic rings. The van der Waals surface area contributed by atoms with Gasteiger partial charge in [-0.3, -0.25) is 4.79 Å². The lowest BCUT2D eigenvalue weighted by atomic mass is 10.1. The van der Waals surface area contributed by atoms with Crippen molar-refractivity contribution in [2.24, 2.45) is 5.73 Å². The lowest BCUT2D eigenvalue weighted by molar-refractivity contribution is 0.591. The third-order valence-corrected chi connectivity index (χ3v) is 4.13. The topological polar surface area (TPSA) is 71.8 Å². The highest BCUT2D eigenvalue weighted by atomic mass is 32.2. The van der Waals surface area contributed by atoms with Gasteiger partial charge in [-0.15, -0.1) is 0 Å². The van der Waals surface area contributed by atoms with Crippen molar-refractivity contribution in [1.29, 1.82) is 0 Å². The minimum atomic E-state index is -0.318. The summed E-state index contributed by atoms with van der Waals surface area (Å²) in [4.78, 5) is 18.3. The van der Waals surface area contributed by atoms with Crippen LogP contribution in [-0.4, -0.2) is 16.0 Å². The van der Waals surface area contributed by atoms with Crippen LogP contribution in [0.4, 0.5) is 4.39 Å². The van der Waals surface area contributed by atoms with Gasteiger partial charge in [-0.25, -0.2) is 9.37 Å². The summed E-state index contributed by atoms with van der Waals surface area (Å²) in [6.07, 6.45) is 0. The highest BCUT2D eigenvalue weighted by Crippen LogP contribution is 2.36. The molecule has 2 aromatic rings. The Labute approximate surface area is 120 Å². The molecule has 106 valence electrons. The standard InChI is InChI=1S/C14H16FN3OS/c1-8-7-12(19)18-14(17-8)20-13(9(2)16)10-5-3-4-6-11(10)15/h3-7,9,13H,16H2,1-2H3,(H,17,18,19). The molecule has 0 saturated heterocycles. The predicted octanol–water partition coefficient (Wildman–Crippen LogP) is 2.40. The molecule has 2 atom stereocenters. The number of hydrogen-bond acceptors (Lipinski definition) is 4. The van der Waals surface area contributed by atoms with Crippen LogP contribution >= 0.6 is 11.8 Å². The van der Waals surface area contributed by atoms with E-state index < -0.39 is 0 Å². The highest BCUT2D eigenvalue weighted by molar-refractivity contribution is 7.99. The fourth-order valence-corrected chi connectivity index (χ4v) is 3.02. The van der Waals surface area contributed by atoms with Gasteiger partial charge in [-0.1, -0.05) is 30.0 Å². The molecule has 6 heteroatoms. The first kappa shape index (κ1) is 14.7. The summed E-state index contributed by atoms with van der Waals surface area (Å²) in [5.74, 6) is -0.308. The van der Waals surface area contributed by atoms with Crippen LogP contribution in [0, 0.1) is 12.7 Å². The summed E-state index contributed by atoms with van der Waals surface area (Å²) in [7, 11) is 0. The van der Waals surface area contributed by atoms with Crippen LogP contribution in [-0.2, 0) is 0 Å². The Morgan fingerprint density at radius 2 is 2.10 bits per heavy atom. The molecule has 0 saturated carbocycles. The highest BCUT2D eigenvalue weighted by Gasteiger charge is 2.22. The summed E-state index contributed by atoms with van der Waals surface area (Å²) < 4.78 is 13.9. The number of aromatic nitrogens is 2. The maximum absolute atomic E-state index is 13.9. The monoisotopic (exact) mass is 293 g/mol. The number of benzene rings is 1. The Morgan fingerprint density at radius 3 is 2.70 bits per heavy atom.